The molecule has 1 amide bonds. The van der Waals surface area contributed by atoms with E-state index in [-0.39, 0.29) is 39.2 Å². The summed E-state index contributed by atoms with van der Waals surface area (Å²) < 4.78 is 0. The molecule has 1 aliphatic carbocycles. The topological polar surface area (TPSA) is 138 Å². The zero-order chi connectivity index (χ0) is 34.3. The van der Waals surface area contributed by atoms with Crippen molar-refractivity contribution in [3.05, 3.63) is 123 Å². The Balaban J connectivity index is 1.04. The summed E-state index contributed by atoms with van der Waals surface area (Å²) in [4.78, 5) is 43.7. The number of hydrogen-bond acceptors (Lipinski definition) is 10. The molecule has 0 saturated carbocycles. The van der Waals surface area contributed by atoms with Crippen LogP contribution < -0.4 is 16.0 Å². The highest BCUT2D eigenvalue weighted by molar-refractivity contribution is 7.99. The lowest BCUT2D eigenvalue weighted by atomic mass is 9.73. The van der Waals surface area contributed by atoms with Gasteiger partial charge in [0.15, 0.2) is 5.94 Å². The number of likely N-dealkylation sites (N-methyl/N-ethyl adjacent to an activating group) is 1. The first-order valence-corrected chi connectivity index (χ1v) is 17.2. The summed E-state index contributed by atoms with van der Waals surface area (Å²) in [5.74, 6) is 1.45. The number of fused-ring (bicyclic) bond motifs is 1. The van der Waals surface area contributed by atoms with Gasteiger partial charge >= 0.3 is 0 Å². The first-order chi connectivity index (χ1) is 23.7. The first-order valence-electron chi connectivity index (χ1n) is 15.6. The molecule has 0 bridgehead atoms. The van der Waals surface area contributed by atoms with Gasteiger partial charge in [-0.3, -0.25) is 9.78 Å². The Morgan fingerprint density at radius 2 is 1.88 bits per heavy atom. The van der Waals surface area contributed by atoms with Gasteiger partial charge in [-0.15, -0.1) is 0 Å². The van der Waals surface area contributed by atoms with Crippen molar-refractivity contribution in [1.29, 1.82) is 0 Å². The molecular weight excluding hydrogens is 681 g/mol. The summed E-state index contributed by atoms with van der Waals surface area (Å²) in [6.45, 7) is 1.66. The summed E-state index contributed by atoms with van der Waals surface area (Å²) in [6, 6.07) is 16.1. The predicted octanol–water partition coefficient (Wildman–Crippen LogP) is 6.62. The van der Waals surface area contributed by atoms with Gasteiger partial charge in [0, 0.05) is 59.8 Å². The number of carbonyl (C=O) groups excluding carboxylic acids is 2. The molecule has 13 heteroatoms. The lowest BCUT2D eigenvalue weighted by Gasteiger charge is -2.42. The minimum Gasteiger partial charge on any atom is -0.506 e. The number of hydrogen-bond donors (Lipinski definition) is 3. The summed E-state index contributed by atoms with van der Waals surface area (Å²) in [5, 5.41) is 15.3. The summed E-state index contributed by atoms with van der Waals surface area (Å²) in [5.41, 5.74) is 9.83. The van der Waals surface area contributed by atoms with Crippen molar-refractivity contribution in [3.63, 3.8) is 0 Å². The molecule has 0 radical (unpaired) electrons. The van der Waals surface area contributed by atoms with E-state index in [1.54, 1.807) is 61.8 Å². The van der Waals surface area contributed by atoms with E-state index in [1.807, 2.05) is 18.3 Å². The number of halogens is 2. The maximum absolute atomic E-state index is 13.6. The van der Waals surface area contributed by atoms with E-state index in [9.17, 15) is 14.7 Å². The van der Waals surface area contributed by atoms with Gasteiger partial charge in [-0.1, -0.05) is 59.2 Å². The number of pyridine rings is 1. The second kappa shape index (κ2) is 13.3. The van der Waals surface area contributed by atoms with Crippen LogP contribution in [0.4, 0.5) is 11.5 Å². The quantitative estimate of drug-likeness (QED) is 0.187. The number of carbonyl (C=O) groups is 1. The molecule has 4 N–H and O–H groups in total. The maximum atomic E-state index is 13.6. The number of allylic oxidation sites excluding steroid dienone is 1. The first kappa shape index (κ1) is 32.9. The van der Waals surface area contributed by atoms with E-state index in [2.05, 4.69) is 26.3 Å². The second-order valence-corrected chi connectivity index (χ2v) is 14.1. The fraction of sp³-hybridized carbons (Fsp3) is 0.222. The van der Waals surface area contributed by atoms with Gasteiger partial charge in [-0.05, 0) is 66.1 Å². The van der Waals surface area contributed by atoms with Crippen LogP contribution in [-0.2, 0) is 16.0 Å². The van der Waals surface area contributed by atoms with Crippen LogP contribution in [0.15, 0.2) is 106 Å². The lowest BCUT2D eigenvalue weighted by Crippen LogP contribution is -2.44. The predicted molar refractivity (Wildman–Crippen MR) is 191 cm³/mol. The van der Waals surface area contributed by atoms with Gasteiger partial charge in [0.25, 0.3) is 5.91 Å². The standard InChI is InChI=1S/C36H31Cl2N7O3S/c1-44-19-24(21-5-2-6-22(37)15-21)33(47)31(27(44)20-46)35(48)43-25-8-3-9-28(32(25)38)49-30-18-41-29(17-42-30)45-13-10-36(11-14-45)16-26-23(34(36)39)7-4-12-40-26/h2-9,12,15,17-19,34,47H,10-11,13-14,16,39H2,1H3,(H,43,48)/t34-/m1/s1. The molecule has 1 atom stereocenters. The summed E-state index contributed by atoms with van der Waals surface area (Å²) in [6.07, 6.45) is 9.65. The Kier molecular flexibility index (Phi) is 8.96. The lowest BCUT2D eigenvalue weighted by molar-refractivity contribution is -0.112. The van der Waals surface area contributed by atoms with Gasteiger partial charge in [-0.2, -0.15) is 0 Å². The van der Waals surface area contributed by atoms with Crippen molar-refractivity contribution in [2.24, 2.45) is 11.1 Å². The van der Waals surface area contributed by atoms with Crippen LogP contribution in [0.3, 0.4) is 0 Å². The fourth-order valence-corrected chi connectivity index (χ4v) is 8.04. The normalized spacial score (nSPS) is 18.3. The Morgan fingerprint density at radius 3 is 2.59 bits per heavy atom. The Labute approximate surface area is 297 Å². The van der Waals surface area contributed by atoms with Gasteiger partial charge < -0.3 is 26.0 Å². The SMILES string of the molecule is CN1C=C(c2cccc(Cl)c2)C(O)=C(C(=O)Nc2cccc(Sc3cnc(N4CCC5(CC4)Cc4ncccc4[C@H]5N)cn3)c2Cl)C1=C=O. The van der Waals surface area contributed by atoms with E-state index >= 15 is 0 Å². The Hall–Kier alpha value is -4.64. The number of benzene rings is 2. The molecule has 2 aromatic carbocycles. The third kappa shape index (κ3) is 6.20. The second-order valence-electron chi connectivity index (χ2n) is 12.3. The fourth-order valence-electron chi connectivity index (χ4n) is 6.78. The number of nitrogens with two attached hydrogens (primary N) is 1. The smallest absolute Gasteiger partial charge is 0.262 e. The van der Waals surface area contributed by atoms with Crippen molar-refractivity contribution in [2.75, 3.05) is 30.4 Å². The number of piperidine rings is 1. The minimum absolute atomic E-state index is 0.00771. The molecule has 4 aromatic rings. The minimum atomic E-state index is -0.731. The van der Waals surface area contributed by atoms with Crippen molar-refractivity contribution in [2.45, 2.75) is 35.2 Å². The highest BCUT2D eigenvalue weighted by atomic mass is 35.5. The highest BCUT2D eigenvalue weighted by Gasteiger charge is 2.46. The van der Waals surface area contributed by atoms with Gasteiger partial charge in [0.1, 0.15) is 27.9 Å². The molecule has 1 fully saturated rings. The molecule has 3 aliphatic rings. The van der Waals surface area contributed by atoms with Crippen LogP contribution in [0.25, 0.3) is 5.57 Å². The van der Waals surface area contributed by atoms with Gasteiger partial charge in [0.05, 0.1) is 23.1 Å². The number of nitrogens with zero attached hydrogens (tertiary/aromatic N) is 5. The number of rotatable bonds is 6. The number of aliphatic hydroxyl groups excluding tert-OH is 1. The van der Waals surface area contributed by atoms with Crippen LogP contribution in [-0.4, -0.2) is 56.9 Å². The van der Waals surface area contributed by atoms with E-state index in [0.717, 1.165) is 43.9 Å². The van der Waals surface area contributed by atoms with Crippen molar-refractivity contribution in [3.8, 4) is 0 Å². The van der Waals surface area contributed by atoms with Crippen LogP contribution >= 0.6 is 35.0 Å². The van der Waals surface area contributed by atoms with Gasteiger partial charge in [0.2, 0.25) is 0 Å². The number of nitrogens with one attached hydrogen (secondary N) is 1. The number of amides is 1. The third-order valence-electron chi connectivity index (χ3n) is 9.43. The Morgan fingerprint density at radius 1 is 1.08 bits per heavy atom. The maximum Gasteiger partial charge on any atom is 0.262 e. The van der Waals surface area contributed by atoms with Crippen molar-refractivity contribution in [1.82, 2.24) is 19.9 Å². The molecule has 1 saturated heterocycles. The molecular formula is C36H31Cl2N7O3S. The third-order valence-corrected chi connectivity index (χ3v) is 11.2. The zero-order valence-electron chi connectivity index (χ0n) is 26.4. The van der Waals surface area contributed by atoms with E-state index in [0.29, 0.717) is 26.1 Å². The summed E-state index contributed by atoms with van der Waals surface area (Å²) >= 11 is 14.2. The van der Waals surface area contributed by atoms with E-state index < -0.39 is 5.91 Å². The van der Waals surface area contributed by atoms with Crippen LogP contribution in [0.2, 0.25) is 10.0 Å². The van der Waals surface area contributed by atoms with E-state index in [4.69, 9.17) is 33.9 Å². The molecule has 7 rings (SSSR count). The molecule has 1 spiro atoms. The molecule has 2 aliphatic heterocycles. The number of aromatic nitrogens is 3. The average Bonchev–Trinajstić information content (AvgIpc) is 3.38. The molecule has 2 aromatic heterocycles. The highest BCUT2D eigenvalue weighted by Crippen LogP contribution is 2.50. The van der Waals surface area contributed by atoms with E-state index in [1.165, 1.54) is 28.4 Å². The average molecular weight is 713 g/mol. The number of aliphatic hydroxyl groups is 1. The molecule has 10 nitrogen and oxygen atoms in total. The zero-order valence-corrected chi connectivity index (χ0v) is 28.7. The molecule has 0 unspecified atom stereocenters. The largest absolute Gasteiger partial charge is 0.506 e. The van der Waals surface area contributed by atoms with Crippen LogP contribution in [0.1, 0.15) is 35.7 Å². The molecule has 4 heterocycles. The van der Waals surface area contributed by atoms with Crippen LogP contribution in [0, 0.1) is 5.41 Å². The molecule has 49 heavy (non-hydrogen) atoms. The Bertz CT molecular complexity index is 2070. The number of anilines is 2. The van der Waals surface area contributed by atoms with Gasteiger partial charge in [-0.25, -0.2) is 14.8 Å². The summed E-state index contributed by atoms with van der Waals surface area (Å²) in [7, 11) is 1.59. The van der Waals surface area contributed by atoms with Crippen molar-refractivity contribution < 1.29 is 14.7 Å². The molecule has 248 valence electrons. The van der Waals surface area contributed by atoms with Crippen LogP contribution in [0.5, 0.6) is 0 Å². The monoisotopic (exact) mass is 711 g/mol. The van der Waals surface area contributed by atoms with Crippen molar-refractivity contribution >= 4 is 63.9 Å².